The highest BCUT2D eigenvalue weighted by Crippen LogP contribution is 2.24. The summed E-state index contributed by atoms with van der Waals surface area (Å²) < 4.78 is 26.6. The van der Waals surface area contributed by atoms with Crippen LogP contribution in [0.2, 0.25) is 10.2 Å². The first-order valence-corrected chi connectivity index (χ1v) is 7.71. The van der Waals surface area contributed by atoms with Crippen LogP contribution in [0.15, 0.2) is 41.4 Å². The number of carbonyl (C=O) groups is 1. The Morgan fingerprint density at radius 3 is 2.57 bits per heavy atom. The molecule has 2 aromatic rings. The van der Waals surface area contributed by atoms with Crippen molar-refractivity contribution in [3.05, 3.63) is 52.3 Å². The van der Waals surface area contributed by atoms with Crippen molar-refractivity contribution >= 4 is 44.9 Å². The molecule has 0 saturated heterocycles. The van der Waals surface area contributed by atoms with Gasteiger partial charge in [-0.2, -0.15) is 0 Å². The van der Waals surface area contributed by atoms with E-state index in [1.54, 1.807) is 0 Å². The highest BCUT2D eigenvalue weighted by molar-refractivity contribution is 7.92. The Kier molecular flexibility index (Phi) is 4.36. The van der Waals surface area contributed by atoms with Gasteiger partial charge in [-0.05, 0) is 30.3 Å². The quantitative estimate of drug-likeness (QED) is 0.829. The maximum absolute atomic E-state index is 12.2. The lowest BCUT2D eigenvalue weighted by molar-refractivity contribution is 0.0697. The topological polar surface area (TPSA) is 96.4 Å². The molecule has 0 spiro atoms. The molecule has 0 aliphatic carbocycles. The number of sulfonamides is 1. The summed E-state index contributed by atoms with van der Waals surface area (Å²) in [7, 11) is -4.00. The van der Waals surface area contributed by atoms with E-state index in [1.165, 1.54) is 30.5 Å². The van der Waals surface area contributed by atoms with Crippen LogP contribution in [0, 0.1) is 0 Å². The molecule has 2 rings (SSSR count). The zero-order valence-electron chi connectivity index (χ0n) is 10.2. The van der Waals surface area contributed by atoms with Crippen molar-refractivity contribution < 1.29 is 18.3 Å². The van der Waals surface area contributed by atoms with Crippen molar-refractivity contribution in [2.24, 2.45) is 0 Å². The van der Waals surface area contributed by atoms with Crippen LogP contribution >= 0.6 is 23.2 Å². The normalized spacial score (nSPS) is 11.1. The Morgan fingerprint density at radius 1 is 1.24 bits per heavy atom. The standard InChI is InChI=1S/C12H8Cl2N2O4S/c13-8-4-7(12(17)18)5-9(6-8)16-21(19,20)10-2-1-3-15-11(10)14/h1-6,16H,(H,17,18). The summed E-state index contributed by atoms with van der Waals surface area (Å²) in [5, 5.41) is 8.82. The van der Waals surface area contributed by atoms with Crippen molar-refractivity contribution in [2.45, 2.75) is 4.90 Å². The van der Waals surface area contributed by atoms with Crippen LogP contribution in [0.4, 0.5) is 5.69 Å². The number of hydrogen-bond donors (Lipinski definition) is 2. The van der Waals surface area contributed by atoms with E-state index in [9.17, 15) is 13.2 Å². The highest BCUT2D eigenvalue weighted by Gasteiger charge is 2.19. The Balaban J connectivity index is 2.42. The second-order valence-corrected chi connectivity index (χ2v) is 6.38. The molecule has 1 aromatic heterocycles. The van der Waals surface area contributed by atoms with Crippen LogP contribution in [0.3, 0.4) is 0 Å². The SMILES string of the molecule is O=C(O)c1cc(Cl)cc(NS(=O)(=O)c2cccnc2Cl)c1. The minimum atomic E-state index is -4.00. The molecular formula is C12H8Cl2N2O4S. The number of pyridine rings is 1. The van der Waals surface area contributed by atoms with E-state index < -0.39 is 16.0 Å². The summed E-state index contributed by atoms with van der Waals surface area (Å²) >= 11 is 11.5. The molecule has 6 nitrogen and oxygen atoms in total. The molecule has 1 heterocycles. The van der Waals surface area contributed by atoms with Gasteiger partial charge in [0.2, 0.25) is 0 Å². The van der Waals surface area contributed by atoms with Crippen LogP contribution in [0.5, 0.6) is 0 Å². The van der Waals surface area contributed by atoms with Crippen molar-refractivity contribution in [2.75, 3.05) is 4.72 Å². The van der Waals surface area contributed by atoms with E-state index >= 15 is 0 Å². The molecule has 0 saturated carbocycles. The van der Waals surface area contributed by atoms with Gasteiger partial charge >= 0.3 is 5.97 Å². The highest BCUT2D eigenvalue weighted by atomic mass is 35.5. The zero-order chi connectivity index (χ0) is 15.6. The number of nitrogens with zero attached hydrogens (tertiary/aromatic N) is 1. The van der Waals surface area contributed by atoms with E-state index in [-0.39, 0.29) is 26.3 Å². The van der Waals surface area contributed by atoms with E-state index in [4.69, 9.17) is 28.3 Å². The molecule has 0 aliphatic rings. The summed E-state index contributed by atoms with van der Waals surface area (Å²) in [5.41, 5.74) is -0.127. The number of benzene rings is 1. The summed E-state index contributed by atoms with van der Waals surface area (Å²) in [6.45, 7) is 0. The molecule has 0 bridgehead atoms. The number of anilines is 1. The van der Waals surface area contributed by atoms with Gasteiger partial charge in [0.15, 0.2) is 0 Å². The van der Waals surface area contributed by atoms with Gasteiger partial charge in [0, 0.05) is 11.2 Å². The monoisotopic (exact) mass is 346 g/mol. The maximum Gasteiger partial charge on any atom is 0.335 e. The van der Waals surface area contributed by atoms with Gasteiger partial charge in [-0.25, -0.2) is 18.2 Å². The Morgan fingerprint density at radius 2 is 1.95 bits per heavy atom. The molecule has 9 heteroatoms. The Labute approximate surface area is 130 Å². The molecule has 0 atom stereocenters. The summed E-state index contributed by atoms with van der Waals surface area (Å²) in [4.78, 5) is 14.4. The first-order valence-electron chi connectivity index (χ1n) is 5.47. The van der Waals surface area contributed by atoms with Crippen LogP contribution < -0.4 is 4.72 Å². The number of nitrogens with one attached hydrogen (secondary N) is 1. The van der Waals surface area contributed by atoms with Gasteiger partial charge in [0.25, 0.3) is 10.0 Å². The molecule has 0 fully saturated rings. The van der Waals surface area contributed by atoms with E-state index in [0.29, 0.717) is 0 Å². The maximum atomic E-state index is 12.2. The predicted molar refractivity (Wildman–Crippen MR) is 78.5 cm³/mol. The number of carboxylic acids is 1. The third-order valence-electron chi connectivity index (χ3n) is 2.41. The molecule has 0 aliphatic heterocycles. The number of halogens is 2. The number of aromatic nitrogens is 1. The third kappa shape index (κ3) is 3.63. The lowest BCUT2D eigenvalue weighted by Crippen LogP contribution is -2.14. The number of hydrogen-bond acceptors (Lipinski definition) is 4. The van der Waals surface area contributed by atoms with Gasteiger partial charge in [-0.1, -0.05) is 23.2 Å². The zero-order valence-corrected chi connectivity index (χ0v) is 12.6. The molecular weight excluding hydrogens is 339 g/mol. The number of aromatic carboxylic acids is 1. The first-order chi connectivity index (χ1) is 9.79. The lowest BCUT2D eigenvalue weighted by Gasteiger charge is -2.10. The largest absolute Gasteiger partial charge is 0.478 e. The Bertz CT molecular complexity index is 809. The fourth-order valence-electron chi connectivity index (χ4n) is 1.55. The van der Waals surface area contributed by atoms with Gasteiger partial charge in [0.1, 0.15) is 10.0 Å². The van der Waals surface area contributed by atoms with Crippen molar-refractivity contribution in [1.29, 1.82) is 0 Å². The second-order valence-electron chi connectivity index (χ2n) is 3.93. The van der Waals surface area contributed by atoms with Gasteiger partial charge < -0.3 is 5.11 Å². The van der Waals surface area contributed by atoms with Crippen LogP contribution in [-0.4, -0.2) is 24.5 Å². The minimum Gasteiger partial charge on any atom is -0.478 e. The molecule has 0 radical (unpaired) electrons. The van der Waals surface area contributed by atoms with Crippen molar-refractivity contribution in [3.8, 4) is 0 Å². The van der Waals surface area contributed by atoms with Gasteiger partial charge in [-0.3, -0.25) is 4.72 Å². The summed E-state index contributed by atoms with van der Waals surface area (Å²) in [6, 6.07) is 6.34. The summed E-state index contributed by atoms with van der Waals surface area (Å²) in [5.74, 6) is -1.22. The number of rotatable bonds is 4. The van der Waals surface area contributed by atoms with E-state index in [2.05, 4.69) is 9.71 Å². The molecule has 21 heavy (non-hydrogen) atoms. The van der Waals surface area contributed by atoms with Gasteiger partial charge in [-0.15, -0.1) is 0 Å². The molecule has 110 valence electrons. The first kappa shape index (κ1) is 15.6. The molecule has 2 N–H and O–H groups in total. The van der Waals surface area contributed by atoms with Gasteiger partial charge in [0.05, 0.1) is 11.3 Å². The second kappa shape index (κ2) is 5.88. The predicted octanol–water partition coefficient (Wildman–Crippen LogP) is 2.89. The van der Waals surface area contributed by atoms with Crippen molar-refractivity contribution in [1.82, 2.24) is 4.98 Å². The van der Waals surface area contributed by atoms with Crippen LogP contribution in [0.25, 0.3) is 0 Å². The minimum absolute atomic E-state index is 0.0137. The smallest absolute Gasteiger partial charge is 0.335 e. The summed E-state index contributed by atoms with van der Waals surface area (Å²) in [6.07, 6.45) is 1.35. The molecule has 0 amide bonds. The van der Waals surface area contributed by atoms with Crippen molar-refractivity contribution in [3.63, 3.8) is 0 Å². The lowest BCUT2D eigenvalue weighted by atomic mass is 10.2. The Hall–Kier alpha value is -1.83. The van der Waals surface area contributed by atoms with E-state index in [1.807, 2.05) is 0 Å². The van der Waals surface area contributed by atoms with Crippen LogP contribution in [-0.2, 0) is 10.0 Å². The molecule has 0 unspecified atom stereocenters. The fraction of sp³-hybridized carbons (Fsp3) is 0. The van der Waals surface area contributed by atoms with Crippen LogP contribution in [0.1, 0.15) is 10.4 Å². The average molecular weight is 347 g/mol. The molecule has 1 aromatic carbocycles. The third-order valence-corrected chi connectivity index (χ3v) is 4.46. The average Bonchev–Trinajstić information content (AvgIpc) is 2.37. The number of carboxylic acid groups (broad SMARTS) is 1. The van der Waals surface area contributed by atoms with E-state index in [0.717, 1.165) is 6.07 Å². The fourth-order valence-corrected chi connectivity index (χ4v) is 3.28.